The summed E-state index contributed by atoms with van der Waals surface area (Å²) in [6, 6.07) is 4.31. The number of benzene rings is 1. The topological polar surface area (TPSA) is 76.7 Å². The Morgan fingerprint density at radius 3 is 2.83 bits per heavy atom. The second-order valence-corrected chi connectivity index (χ2v) is 6.12. The average molecular weight is 404 g/mol. The van der Waals surface area contributed by atoms with Crippen molar-refractivity contribution in [1.82, 2.24) is 10.6 Å². The molecule has 0 aliphatic carbocycles. The molecule has 6 nitrogen and oxygen atoms in total. The molecule has 8 heteroatoms. The molecule has 1 heterocycles. The molecule has 2 amide bonds. The lowest BCUT2D eigenvalue weighted by Gasteiger charge is -2.26. The molecule has 1 aromatic rings. The molecule has 0 unspecified atom stereocenters. The molecular formula is C15H16BrClN2O4. The summed E-state index contributed by atoms with van der Waals surface area (Å²) in [5.41, 5.74) is 0.693. The average Bonchev–Trinajstić information content (AvgIpc) is 2.45. The van der Waals surface area contributed by atoms with Crippen molar-refractivity contribution in [2.24, 2.45) is 0 Å². The van der Waals surface area contributed by atoms with Gasteiger partial charge in [0.2, 0.25) is 0 Å². The molecule has 0 spiro atoms. The summed E-state index contributed by atoms with van der Waals surface area (Å²) in [6.45, 7) is 3.66. The highest BCUT2D eigenvalue weighted by atomic mass is 79.9. The number of urea groups is 1. The first-order valence-corrected chi connectivity index (χ1v) is 8.15. The number of carbonyl (C=O) groups is 2. The Hall–Kier alpha value is -1.73. The third kappa shape index (κ3) is 4.39. The Morgan fingerprint density at radius 1 is 1.43 bits per heavy atom. The minimum Gasteiger partial charge on any atom is -0.486 e. The summed E-state index contributed by atoms with van der Waals surface area (Å²) in [5.74, 6) is -0.0426. The Kier molecular flexibility index (Phi) is 5.90. The van der Waals surface area contributed by atoms with Crippen molar-refractivity contribution in [2.45, 2.75) is 19.9 Å². The number of rotatable bonds is 5. The van der Waals surface area contributed by atoms with Crippen LogP contribution in [0.4, 0.5) is 4.79 Å². The molecule has 0 saturated carbocycles. The van der Waals surface area contributed by atoms with Crippen molar-refractivity contribution in [1.29, 1.82) is 0 Å². The van der Waals surface area contributed by atoms with E-state index < -0.39 is 18.0 Å². The lowest BCUT2D eigenvalue weighted by atomic mass is 10.0. The number of hydrogen-bond donors (Lipinski definition) is 2. The standard InChI is InChI=1S/C15H16BrClN2O4/c1-3-22-14(20)13-8(2)18-15(21)19-11(13)7-23-12-5-4-9(16)6-10(12)17/h4-6,8H,3,7H2,1-2H3,(H2,18,19,21)/t8-/m0/s1. The number of halogens is 2. The molecule has 1 aromatic carbocycles. The van der Waals surface area contributed by atoms with E-state index >= 15 is 0 Å². The van der Waals surface area contributed by atoms with Gasteiger partial charge in [0.25, 0.3) is 0 Å². The molecule has 124 valence electrons. The van der Waals surface area contributed by atoms with E-state index in [9.17, 15) is 9.59 Å². The van der Waals surface area contributed by atoms with Gasteiger partial charge < -0.3 is 20.1 Å². The highest BCUT2D eigenvalue weighted by Crippen LogP contribution is 2.28. The summed E-state index contributed by atoms with van der Waals surface area (Å²) in [5, 5.41) is 5.63. The van der Waals surface area contributed by atoms with Crippen molar-refractivity contribution >= 4 is 39.5 Å². The van der Waals surface area contributed by atoms with Crippen molar-refractivity contribution in [3.63, 3.8) is 0 Å². The first-order chi connectivity index (χ1) is 10.9. The quantitative estimate of drug-likeness (QED) is 0.741. The zero-order valence-corrected chi connectivity index (χ0v) is 15.0. The van der Waals surface area contributed by atoms with Gasteiger partial charge in [0.05, 0.1) is 28.9 Å². The highest BCUT2D eigenvalue weighted by molar-refractivity contribution is 9.10. The number of esters is 1. The van der Waals surface area contributed by atoms with Gasteiger partial charge in [0, 0.05) is 4.47 Å². The number of carbonyl (C=O) groups excluding carboxylic acids is 2. The number of amides is 2. The van der Waals surface area contributed by atoms with E-state index in [2.05, 4.69) is 26.6 Å². The normalized spacial score (nSPS) is 17.4. The Morgan fingerprint density at radius 2 is 2.17 bits per heavy atom. The van der Waals surface area contributed by atoms with Gasteiger partial charge in [0.1, 0.15) is 12.4 Å². The molecule has 0 aromatic heterocycles. The zero-order valence-electron chi connectivity index (χ0n) is 12.6. The molecule has 0 radical (unpaired) electrons. The molecule has 23 heavy (non-hydrogen) atoms. The molecule has 0 saturated heterocycles. The van der Waals surface area contributed by atoms with Gasteiger partial charge in [-0.05, 0) is 32.0 Å². The monoisotopic (exact) mass is 402 g/mol. The van der Waals surface area contributed by atoms with Crippen LogP contribution >= 0.6 is 27.5 Å². The van der Waals surface area contributed by atoms with Crippen LogP contribution in [0.3, 0.4) is 0 Å². The van der Waals surface area contributed by atoms with Crippen LogP contribution in [0.5, 0.6) is 5.75 Å². The fraction of sp³-hybridized carbons (Fsp3) is 0.333. The largest absolute Gasteiger partial charge is 0.486 e. The van der Waals surface area contributed by atoms with Crippen LogP contribution in [-0.4, -0.2) is 31.3 Å². The Labute approximate surface area is 147 Å². The van der Waals surface area contributed by atoms with E-state index in [1.54, 1.807) is 32.0 Å². The second kappa shape index (κ2) is 7.70. The van der Waals surface area contributed by atoms with Crippen molar-refractivity contribution in [3.05, 3.63) is 39.0 Å². The summed E-state index contributed by atoms with van der Waals surface area (Å²) in [7, 11) is 0. The van der Waals surface area contributed by atoms with Gasteiger partial charge in [0.15, 0.2) is 0 Å². The molecule has 0 bridgehead atoms. The van der Waals surface area contributed by atoms with Gasteiger partial charge in [-0.2, -0.15) is 0 Å². The summed E-state index contributed by atoms with van der Waals surface area (Å²) < 4.78 is 11.5. The fourth-order valence-electron chi connectivity index (χ4n) is 2.14. The zero-order chi connectivity index (χ0) is 17.0. The maximum Gasteiger partial charge on any atom is 0.338 e. The molecule has 2 rings (SSSR count). The van der Waals surface area contributed by atoms with Crippen LogP contribution in [0.25, 0.3) is 0 Å². The molecule has 1 aliphatic rings. The van der Waals surface area contributed by atoms with Crippen LogP contribution in [0.15, 0.2) is 33.9 Å². The van der Waals surface area contributed by atoms with Crippen LogP contribution in [0, 0.1) is 0 Å². The highest BCUT2D eigenvalue weighted by Gasteiger charge is 2.30. The van der Waals surface area contributed by atoms with E-state index in [0.717, 1.165) is 4.47 Å². The van der Waals surface area contributed by atoms with E-state index in [-0.39, 0.29) is 13.2 Å². The van der Waals surface area contributed by atoms with E-state index in [0.29, 0.717) is 22.0 Å². The predicted octanol–water partition coefficient (Wildman–Crippen LogP) is 3.00. The summed E-state index contributed by atoms with van der Waals surface area (Å²) >= 11 is 9.40. The third-order valence-corrected chi connectivity index (χ3v) is 3.92. The minimum absolute atomic E-state index is 0.00669. The van der Waals surface area contributed by atoms with Crippen LogP contribution in [0.1, 0.15) is 13.8 Å². The number of nitrogens with one attached hydrogen (secondary N) is 2. The molecule has 2 N–H and O–H groups in total. The molecule has 1 atom stereocenters. The first-order valence-electron chi connectivity index (χ1n) is 6.98. The smallest absolute Gasteiger partial charge is 0.338 e. The summed E-state index contributed by atoms with van der Waals surface area (Å²) in [4.78, 5) is 23.7. The number of ether oxygens (including phenoxy) is 2. The van der Waals surface area contributed by atoms with Gasteiger partial charge >= 0.3 is 12.0 Å². The lowest BCUT2D eigenvalue weighted by Crippen LogP contribution is -2.50. The Balaban J connectivity index is 2.23. The van der Waals surface area contributed by atoms with Crippen molar-refractivity contribution in [2.75, 3.05) is 13.2 Å². The maximum absolute atomic E-state index is 12.1. The molecular weight excluding hydrogens is 388 g/mol. The fourth-order valence-corrected chi connectivity index (χ4v) is 2.86. The minimum atomic E-state index is -0.493. The van der Waals surface area contributed by atoms with E-state index in [4.69, 9.17) is 21.1 Å². The van der Waals surface area contributed by atoms with Crippen LogP contribution < -0.4 is 15.4 Å². The summed E-state index contributed by atoms with van der Waals surface area (Å²) in [6.07, 6.45) is 0. The van der Waals surface area contributed by atoms with E-state index in [1.165, 1.54) is 0 Å². The van der Waals surface area contributed by atoms with Gasteiger partial charge in [-0.15, -0.1) is 0 Å². The SMILES string of the molecule is CCOC(=O)C1=C(COc2ccc(Br)cc2Cl)NC(=O)N[C@H]1C. The Bertz CT molecular complexity index is 663. The molecule has 1 aliphatic heterocycles. The maximum atomic E-state index is 12.1. The predicted molar refractivity (Wildman–Crippen MR) is 89.4 cm³/mol. The first kappa shape index (κ1) is 17.6. The van der Waals surface area contributed by atoms with Crippen LogP contribution in [-0.2, 0) is 9.53 Å². The van der Waals surface area contributed by atoms with Crippen LogP contribution in [0.2, 0.25) is 5.02 Å². The number of hydrogen-bond acceptors (Lipinski definition) is 4. The van der Waals surface area contributed by atoms with E-state index in [1.807, 2.05) is 0 Å². The van der Waals surface area contributed by atoms with Gasteiger partial charge in [-0.3, -0.25) is 0 Å². The lowest BCUT2D eigenvalue weighted by molar-refractivity contribution is -0.139. The van der Waals surface area contributed by atoms with Gasteiger partial charge in [-0.25, -0.2) is 9.59 Å². The van der Waals surface area contributed by atoms with Gasteiger partial charge in [-0.1, -0.05) is 27.5 Å². The van der Waals surface area contributed by atoms with Crippen molar-refractivity contribution < 1.29 is 19.1 Å². The van der Waals surface area contributed by atoms with Crippen molar-refractivity contribution in [3.8, 4) is 5.75 Å². The molecule has 0 fully saturated rings. The second-order valence-electron chi connectivity index (χ2n) is 4.80. The third-order valence-electron chi connectivity index (χ3n) is 3.13.